The molecule has 3 aliphatic rings. The average molecular weight is 415 g/mol. The summed E-state index contributed by atoms with van der Waals surface area (Å²) in [5.41, 5.74) is -0.141. The summed E-state index contributed by atoms with van der Waals surface area (Å²) >= 11 is 0. The predicted octanol–water partition coefficient (Wildman–Crippen LogP) is 2.86. The van der Waals surface area contributed by atoms with Gasteiger partial charge in [-0.25, -0.2) is 9.18 Å². The van der Waals surface area contributed by atoms with Crippen molar-refractivity contribution in [1.29, 1.82) is 0 Å². The molecule has 5 rings (SSSR count). The lowest BCUT2D eigenvalue weighted by Crippen LogP contribution is -2.41. The van der Waals surface area contributed by atoms with Crippen LogP contribution in [-0.4, -0.2) is 59.4 Å². The fourth-order valence-corrected chi connectivity index (χ4v) is 5.19. The van der Waals surface area contributed by atoms with E-state index in [1.54, 1.807) is 4.57 Å². The number of carbonyl (C=O) groups is 1. The molecule has 2 fully saturated rings. The quantitative estimate of drug-likeness (QED) is 0.831. The van der Waals surface area contributed by atoms with Crippen molar-refractivity contribution in [3.05, 3.63) is 33.9 Å². The number of hydrogen-bond donors (Lipinski definition) is 1. The summed E-state index contributed by atoms with van der Waals surface area (Å²) in [6.07, 6.45) is 6.04. The van der Waals surface area contributed by atoms with Gasteiger partial charge in [0.2, 0.25) is 5.43 Å². The van der Waals surface area contributed by atoms with Gasteiger partial charge < -0.3 is 19.3 Å². The van der Waals surface area contributed by atoms with E-state index in [4.69, 9.17) is 4.74 Å². The van der Waals surface area contributed by atoms with Crippen molar-refractivity contribution in [3.63, 3.8) is 0 Å². The molecule has 0 bridgehead atoms. The SMILES string of the molecule is C[C@H]1COc2c(N3CC[C@@H](N4CCCCC4)C3)c(F)cc3c(=O)c(C(=O)O)cn1c23. The van der Waals surface area contributed by atoms with Gasteiger partial charge in [-0.2, -0.15) is 0 Å². The van der Waals surface area contributed by atoms with Gasteiger partial charge in [-0.05, 0) is 45.3 Å². The summed E-state index contributed by atoms with van der Waals surface area (Å²) in [5.74, 6) is -1.48. The Labute approximate surface area is 173 Å². The number of pyridine rings is 1. The van der Waals surface area contributed by atoms with Crippen LogP contribution in [0.4, 0.5) is 10.1 Å². The normalized spacial score (nSPS) is 24.3. The summed E-state index contributed by atoms with van der Waals surface area (Å²) < 4.78 is 23.0. The van der Waals surface area contributed by atoms with Crippen molar-refractivity contribution in [1.82, 2.24) is 9.47 Å². The van der Waals surface area contributed by atoms with Gasteiger partial charge in [0.15, 0.2) is 11.6 Å². The van der Waals surface area contributed by atoms with Crippen LogP contribution in [0.25, 0.3) is 10.9 Å². The maximum atomic E-state index is 15.3. The molecule has 0 spiro atoms. The number of nitrogens with zero attached hydrogens (tertiary/aromatic N) is 3. The van der Waals surface area contributed by atoms with Gasteiger partial charge in [-0.15, -0.1) is 0 Å². The molecule has 0 amide bonds. The van der Waals surface area contributed by atoms with Crippen molar-refractivity contribution in [3.8, 4) is 5.75 Å². The minimum atomic E-state index is -1.31. The Kier molecular flexibility index (Phi) is 4.69. The number of aromatic nitrogens is 1. The first-order chi connectivity index (χ1) is 14.5. The van der Waals surface area contributed by atoms with E-state index in [0.717, 1.165) is 32.6 Å². The van der Waals surface area contributed by atoms with Crippen LogP contribution in [0, 0.1) is 5.82 Å². The largest absolute Gasteiger partial charge is 0.487 e. The van der Waals surface area contributed by atoms with E-state index in [-0.39, 0.29) is 17.0 Å². The molecule has 0 unspecified atom stereocenters. The molecule has 0 saturated carbocycles. The molecule has 8 heteroatoms. The molecule has 2 saturated heterocycles. The van der Waals surface area contributed by atoms with Crippen molar-refractivity contribution < 1.29 is 19.0 Å². The minimum Gasteiger partial charge on any atom is -0.487 e. The van der Waals surface area contributed by atoms with Crippen LogP contribution >= 0.6 is 0 Å². The van der Waals surface area contributed by atoms with E-state index in [2.05, 4.69) is 4.90 Å². The Balaban J connectivity index is 1.61. The van der Waals surface area contributed by atoms with E-state index in [9.17, 15) is 14.7 Å². The number of benzene rings is 1. The molecule has 4 heterocycles. The van der Waals surface area contributed by atoms with Gasteiger partial charge in [-0.1, -0.05) is 6.42 Å². The highest BCUT2D eigenvalue weighted by Crippen LogP contribution is 2.43. The van der Waals surface area contributed by atoms with Gasteiger partial charge in [0.25, 0.3) is 0 Å². The first kappa shape index (κ1) is 19.4. The Morgan fingerprint density at radius 1 is 1.23 bits per heavy atom. The van der Waals surface area contributed by atoms with Crippen LogP contribution < -0.4 is 15.1 Å². The maximum Gasteiger partial charge on any atom is 0.341 e. The number of piperidine rings is 1. The van der Waals surface area contributed by atoms with E-state index in [1.807, 2.05) is 11.8 Å². The molecular weight excluding hydrogens is 389 g/mol. The van der Waals surface area contributed by atoms with E-state index < -0.39 is 17.2 Å². The lowest BCUT2D eigenvalue weighted by atomic mass is 10.1. The zero-order valence-electron chi connectivity index (χ0n) is 17.1. The highest BCUT2D eigenvalue weighted by atomic mass is 19.1. The fourth-order valence-electron chi connectivity index (χ4n) is 5.19. The molecule has 1 N–H and O–H groups in total. The lowest BCUT2D eigenvalue weighted by Gasteiger charge is -2.33. The predicted molar refractivity (Wildman–Crippen MR) is 111 cm³/mol. The molecule has 0 aliphatic carbocycles. The zero-order chi connectivity index (χ0) is 21.0. The Hall–Kier alpha value is -2.61. The number of likely N-dealkylation sites (tertiary alicyclic amines) is 1. The third kappa shape index (κ3) is 2.96. The lowest BCUT2D eigenvalue weighted by molar-refractivity contribution is 0.0694. The Bertz CT molecular complexity index is 1080. The van der Waals surface area contributed by atoms with Crippen molar-refractivity contribution in [2.75, 3.05) is 37.7 Å². The van der Waals surface area contributed by atoms with Crippen molar-refractivity contribution in [2.45, 2.75) is 44.7 Å². The number of hydrogen-bond acceptors (Lipinski definition) is 5. The van der Waals surface area contributed by atoms with E-state index >= 15 is 4.39 Å². The van der Waals surface area contributed by atoms with E-state index in [1.165, 1.54) is 31.5 Å². The number of ether oxygens (including phenoxy) is 1. The first-order valence-electron chi connectivity index (χ1n) is 10.7. The van der Waals surface area contributed by atoms with Gasteiger partial charge in [0, 0.05) is 25.3 Å². The van der Waals surface area contributed by atoms with Crippen molar-refractivity contribution >= 4 is 22.6 Å². The van der Waals surface area contributed by atoms with Crippen LogP contribution in [0.5, 0.6) is 5.75 Å². The monoisotopic (exact) mass is 415 g/mol. The summed E-state index contributed by atoms with van der Waals surface area (Å²) in [6.45, 7) is 5.83. The second-order valence-electron chi connectivity index (χ2n) is 8.66. The first-order valence-corrected chi connectivity index (χ1v) is 10.7. The van der Waals surface area contributed by atoms with Gasteiger partial charge in [0.05, 0.1) is 16.9 Å². The number of rotatable bonds is 3. The third-order valence-corrected chi connectivity index (χ3v) is 6.76. The number of carboxylic acid groups (broad SMARTS) is 1. The number of aromatic carboxylic acids is 1. The number of halogens is 1. The summed E-state index contributed by atoms with van der Waals surface area (Å²) in [4.78, 5) is 28.8. The number of carboxylic acids is 1. The Morgan fingerprint density at radius 2 is 2.00 bits per heavy atom. The molecule has 1 aromatic heterocycles. The molecule has 2 atom stereocenters. The average Bonchev–Trinajstić information content (AvgIpc) is 3.22. The summed E-state index contributed by atoms with van der Waals surface area (Å²) in [6, 6.07) is 1.43. The zero-order valence-corrected chi connectivity index (χ0v) is 17.1. The highest BCUT2D eigenvalue weighted by molar-refractivity contribution is 5.97. The molecular formula is C22H26FN3O4. The second kappa shape index (κ2) is 7.27. The molecule has 0 radical (unpaired) electrons. The molecule has 2 aromatic rings. The minimum absolute atomic E-state index is 0.0597. The van der Waals surface area contributed by atoms with Crippen LogP contribution in [0.3, 0.4) is 0 Å². The van der Waals surface area contributed by atoms with Gasteiger partial charge in [0.1, 0.15) is 17.9 Å². The van der Waals surface area contributed by atoms with Gasteiger partial charge in [-0.3, -0.25) is 9.69 Å². The second-order valence-corrected chi connectivity index (χ2v) is 8.66. The highest BCUT2D eigenvalue weighted by Gasteiger charge is 2.34. The molecule has 3 aliphatic heterocycles. The molecule has 1 aromatic carbocycles. The van der Waals surface area contributed by atoms with Crippen LogP contribution in [0.15, 0.2) is 17.1 Å². The van der Waals surface area contributed by atoms with Crippen LogP contribution in [-0.2, 0) is 0 Å². The fraction of sp³-hybridized carbons (Fsp3) is 0.545. The third-order valence-electron chi connectivity index (χ3n) is 6.76. The molecule has 7 nitrogen and oxygen atoms in total. The maximum absolute atomic E-state index is 15.3. The summed E-state index contributed by atoms with van der Waals surface area (Å²) in [5, 5.41) is 9.48. The number of anilines is 1. The Morgan fingerprint density at radius 3 is 2.73 bits per heavy atom. The van der Waals surface area contributed by atoms with Gasteiger partial charge >= 0.3 is 5.97 Å². The van der Waals surface area contributed by atoms with Crippen molar-refractivity contribution in [2.24, 2.45) is 0 Å². The topological polar surface area (TPSA) is 75.0 Å². The smallest absolute Gasteiger partial charge is 0.341 e. The molecule has 160 valence electrons. The standard InChI is InChI=1S/C22H26FN3O4/c1-13-12-30-21-18-15(20(27)16(22(28)29)11-26(13)18)9-17(23)19(21)25-8-5-14(10-25)24-6-3-2-4-7-24/h9,11,13-14H,2-8,10,12H2,1H3,(H,28,29)/t13-,14+/m0/s1. The van der Waals surface area contributed by atoms with Crippen LogP contribution in [0.2, 0.25) is 0 Å². The summed E-state index contributed by atoms with van der Waals surface area (Å²) in [7, 11) is 0. The molecule has 30 heavy (non-hydrogen) atoms. The van der Waals surface area contributed by atoms with E-state index in [0.29, 0.717) is 29.6 Å². The van der Waals surface area contributed by atoms with Crippen LogP contribution in [0.1, 0.15) is 49.0 Å².